The van der Waals surface area contributed by atoms with Crippen molar-refractivity contribution in [3.63, 3.8) is 0 Å². The molecule has 156 valence electrons. The van der Waals surface area contributed by atoms with Crippen LogP contribution in [0.3, 0.4) is 0 Å². The number of nitro benzene ring substituents is 1. The summed E-state index contributed by atoms with van der Waals surface area (Å²) in [7, 11) is 0. The fourth-order valence-corrected chi connectivity index (χ4v) is 3.58. The van der Waals surface area contributed by atoms with Gasteiger partial charge in [-0.2, -0.15) is 9.78 Å². The van der Waals surface area contributed by atoms with E-state index in [4.69, 9.17) is 16.6 Å². The van der Waals surface area contributed by atoms with Crippen LogP contribution in [0.15, 0.2) is 48.5 Å². The van der Waals surface area contributed by atoms with Crippen molar-refractivity contribution < 1.29 is 9.72 Å². The van der Waals surface area contributed by atoms with Crippen LogP contribution >= 0.6 is 11.6 Å². The number of benzene rings is 2. The van der Waals surface area contributed by atoms with Crippen molar-refractivity contribution in [1.29, 1.82) is 0 Å². The van der Waals surface area contributed by atoms with Gasteiger partial charge in [0, 0.05) is 23.1 Å². The van der Waals surface area contributed by atoms with E-state index in [1.165, 1.54) is 12.1 Å². The number of para-hydroxylation sites is 1. The molecule has 0 radical (unpaired) electrons. The highest BCUT2D eigenvalue weighted by Gasteiger charge is 2.19. The standard InChI is InChI=1S/C22H18ClN5O3/c1-12-5-4-6-16-13(2)9-19(24-21(12)16)27-20(10-14(3)26-27)25-22(29)15-7-8-17(23)18(11-15)28(30)31/h4-11H,1-3H3,(H,25,29). The molecule has 9 heteroatoms. The highest BCUT2D eigenvalue weighted by Crippen LogP contribution is 2.27. The lowest BCUT2D eigenvalue weighted by Gasteiger charge is -2.12. The predicted octanol–water partition coefficient (Wildman–Crippen LogP) is 5.16. The van der Waals surface area contributed by atoms with Gasteiger partial charge in [0.1, 0.15) is 10.8 Å². The fourth-order valence-electron chi connectivity index (χ4n) is 3.40. The first-order valence-electron chi connectivity index (χ1n) is 9.44. The summed E-state index contributed by atoms with van der Waals surface area (Å²) in [6.45, 7) is 5.79. The molecule has 0 aliphatic rings. The smallest absolute Gasteiger partial charge is 0.288 e. The molecule has 31 heavy (non-hydrogen) atoms. The first-order valence-corrected chi connectivity index (χ1v) is 9.81. The second-order valence-electron chi connectivity index (χ2n) is 7.23. The maximum atomic E-state index is 12.8. The number of hydrogen-bond donors (Lipinski definition) is 1. The molecule has 0 aliphatic heterocycles. The Morgan fingerprint density at radius 1 is 1.10 bits per heavy atom. The Labute approximate surface area is 182 Å². The number of nitrogens with zero attached hydrogens (tertiary/aromatic N) is 4. The van der Waals surface area contributed by atoms with Crippen molar-refractivity contribution in [1.82, 2.24) is 14.8 Å². The SMILES string of the molecule is Cc1cc(NC(=O)c2ccc(Cl)c([N+](=O)[O-])c2)n(-c2cc(C)c3cccc(C)c3n2)n1. The Balaban J connectivity index is 1.74. The molecule has 4 aromatic rings. The van der Waals surface area contributed by atoms with Crippen LogP contribution in [0.2, 0.25) is 5.02 Å². The maximum absolute atomic E-state index is 12.8. The van der Waals surface area contributed by atoms with Crippen molar-refractivity contribution >= 4 is 39.9 Å². The highest BCUT2D eigenvalue weighted by atomic mass is 35.5. The molecule has 0 fully saturated rings. The minimum Gasteiger partial charge on any atom is -0.306 e. The summed E-state index contributed by atoms with van der Waals surface area (Å²) in [6, 6.07) is 13.5. The zero-order chi connectivity index (χ0) is 22.3. The van der Waals surface area contributed by atoms with Gasteiger partial charge < -0.3 is 5.32 Å². The molecular weight excluding hydrogens is 418 g/mol. The van der Waals surface area contributed by atoms with Gasteiger partial charge in [0.25, 0.3) is 11.6 Å². The van der Waals surface area contributed by atoms with Gasteiger partial charge in [-0.1, -0.05) is 29.8 Å². The molecule has 2 aromatic heterocycles. The van der Waals surface area contributed by atoms with Crippen LogP contribution in [0.5, 0.6) is 0 Å². The summed E-state index contributed by atoms with van der Waals surface area (Å²) >= 11 is 5.84. The summed E-state index contributed by atoms with van der Waals surface area (Å²) in [5, 5.41) is 19.4. The van der Waals surface area contributed by atoms with Crippen molar-refractivity contribution in [3.8, 4) is 5.82 Å². The average Bonchev–Trinajstić information content (AvgIpc) is 3.08. The van der Waals surface area contributed by atoms with Crippen molar-refractivity contribution in [2.75, 3.05) is 5.32 Å². The van der Waals surface area contributed by atoms with E-state index in [2.05, 4.69) is 10.4 Å². The molecule has 0 saturated heterocycles. The fraction of sp³-hybridized carbons (Fsp3) is 0.136. The van der Waals surface area contributed by atoms with Gasteiger partial charge in [0.05, 0.1) is 16.1 Å². The number of amides is 1. The summed E-state index contributed by atoms with van der Waals surface area (Å²) in [4.78, 5) is 28.0. The van der Waals surface area contributed by atoms with Gasteiger partial charge in [-0.15, -0.1) is 0 Å². The van der Waals surface area contributed by atoms with E-state index in [1.807, 2.05) is 38.1 Å². The van der Waals surface area contributed by atoms with E-state index in [-0.39, 0.29) is 16.3 Å². The number of nitro groups is 1. The lowest BCUT2D eigenvalue weighted by Crippen LogP contribution is -2.16. The minimum absolute atomic E-state index is 0.0337. The molecule has 0 aliphatic carbocycles. The number of carbonyl (C=O) groups is 1. The molecule has 0 spiro atoms. The van der Waals surface area contributed by atoms with Crippen molar-refractivity contribution in [3.05, 3.63) is 86.1 Å². The summed E-state index contributed by atoms with van der Waals surface area (Å²) in [5.74, 6) is 0.444. The van der Waals surface area contributed by atoms with Crippen molar-refractivity contribution in [2.24, 2.45) is 0 Å². The molecule has 0 bridgehead atoms. The quantitative estimate of drug-likeness (QED) is 0.352. The summed E-state index contributed by atoms with van der Waals surface area (Å²) in [6.07, 6.45) is 0. The number of carbonyl (C=O) groups excluding carboxylic acids is 1. The average molecular weight is 436 g/mol. The molecular formula is C22H18ClN5O3. The number of pyridine rings is 1. The zero-order valence-corrected chi connectivity index (χ0v) is 17.8. The Morgan fingerprint density at radius 3 is 2.61 bits per heavy atom. The molecule has 8 nitrogen and oxygen atoms in total. The number of aryl methyl sites for hydroxylation is 3. The predicted molar refractivity (Wildman–Crippen MR) is 119 cm³/mol. The molecule has 4 rings (SSSR count). The zero-order valence-electron chi connectivity index (χ0n) is 17.0. The van der Waals surface area contributed by atoms with Crippen LogP contribution in [-0.2, 0) is 0 Å². The Bertz CT molecular complexity index is 1360. The largest absolute Gasteiger partial charge is 0.306 e. The van der Waals surface area contributed by atoms with E-state index >= 15 is 0 Å². The molecule has 2 heterocycles. The van der Waals surface area contributed by atoms with E-state index in [1.54, 1.807) is 17.7 Å². The molecule has 1 amide bonds. The number of fused-ring (bicyclic) bond motifs is 1. The van der Waals surface area contributed by atoms with Gasteiger partial charge in [-0.3, -0.25) is 14.9 Å². The molecule has 2 aromatic carbocycles. The van der Waals surface area contributed by atoms with E-state index in [9.17, 15) is 14.9 Å². The molecule has 0 unspecified atom stereocenters. The van der Waals surface area contributed by atoms with Crippen LogP contribution in [0, 0.1) is 30.9 Å². The highest BCUT2D eigenvalue weighted by molar-refractivity contribution is 6.32. The lowest BCUT2D eigenvalue weighted by molar-refractivity contribution is -0.384. The van der Waals surface area contributed by atoms with Gasteiger partial charge in [0.2, 0.25) is 0 Å². The Hall–Kier alpha value is -3.78. The third kappa shape index (κ3) is 3.85. The first-order chi connectivity index (χ1) is 14.7. The van der Waals surface area contributed by atoms with Gasteiger partial charge in [0.15, 0.2) is 5.82 Å². The lowest BCUT2D eigenvalue weighted by atomic mass is 10.1. The van der Waals surface area contributed by atoms with Crippen LogP contribution in [0.1, 0.15) is 27.2 Å². The monoisotopic (exact) mass is 435 g/mol. The molecule has 0 saturated carbocycles. The van der Waals surface area contributed by atoms with Crippen LogP contribution in [-0.4, -0.2) is 25.6 Å². The number of rotatable bonds is 4. The van der Waals surface area contributed by atoms with E-state index in [0.717, 1.165) is 28.1 Å². The van der Waals surface area contributed by atoms with E-state index < -0.39 is 10.8 Å². The topological polar surface area (TPSA) is 103 Å². The van der Waals surface area contributed by atoms with Crippen LogP contribution < -0.4 is 5.32 Å². The maximum Gasteiger partial charge on any atom is 0.288 e. The van der Waals surface area contributed by atoms with Crippen molar-refractivity contribution in [2.45, 2.75) is 20.8 Å². The number of nitrogens with one attached hydrogen (secondary N) is 1. The summed E-state index contributed by atoms with van der Waals surface area (Å²) < 4.78 is 1.55. The van der Waals surface area contributed by atoms with Gasteiger partial charge >= 0.3 is 0 Å². The number of aromatic nitrogens is 3. The minimum atomic E-state index is -0.627. The number of halogens is 1. The van der Waals surface area contributed by atoms with E-state index in [0.29, 0.717) is 17.3 Å². The second kappa shape index (κ2) is 7.81. The number of anilines is 1. The Morgan fingerprint density at radius 2 is 1.87 bits per heavy atom. The first kappa shape index (κ1) is 20.5. The number of hydrogen-bond acceptors (Lipinski definition) is 5. The summed E-state index contributed by atoms with van der Waals surface area (Å²) in [5.41, 5.74) is 3.38. The third-order valence-electron chi connectivity index (χ3n) is 4.93. The second-order valence-corrected chi connectivity index (χ2v) is 7.64. The van der Waals surface area contributed by atoms with Crippen LogP contribution in [0.4, 0.5) is 11.5 Å². The Kier molecular flexibility index (Phi) is 5.16. The normalized spacial score (nSPS) is 11.0. The van der Waals surface area contributed by atoms with Crippen LogP contribution in [0.25, 0.3) is 16.7 Å². The molecule has 0 atom stereocenters. The van der Waals surface area contributed by atoms with Gasteiger partial charge in [-0.25, -0.2) is 4.98 Å². The third-order valence-corrected chi connectivity index (χ3v) is 5.25. The molecule has 1 N–H and O–H groups in total. The van der Waals surface area contributed by atoms with Gasteiger partial charge in [-0.05, 0) is 50.1 Å².